The van der Waals surface area contributed by atoms with Gasteiger partial charge in [0.15, 0.2) is 0 Å². The third-order valence-corrected chi connectivity index (χ3v) is 3.21. The summed E-state index contributed by atoms with van der Waals surface area (Å²) in [5, 5.41) is 11.7. The maximum absolute atomic E-state index is 12.0. The van der Waals surface area contributed by atoms with Gasteiger partial charge in [0, 0.05) is 17.2 Å². The van der Waals surface area contributed by atoms with Crippen molar-refractivity contribution < 1.29 is 14.7 Å². The number of hydrogen-bond acceptors (Lipinski definition) is 2. The van der Waals surface area contributed by atoms with E-state index in [1.54, 1.807) is 13.0 Å². The van der Waals surface area contributed by atoms with Crippen LogP contribution in [-0.2, 0) is 4.79 Å². The summed E-state index contributed by atoms with van der Waals surface area (Å²) >= 11 is 3.35. The van der Waals surface area contributed by atoms with Gasteiger partial charge in [-0.15, -0.1) is 0 Å². The van der Waals surface area contributed by atoms with Crippen molar-refractivity contribution in [2.45, 2.75) is 26.3 Å². The Morgan fingerprint density at radius 1 is 1.42 bits per heavy atom. The second kappa shape index (κ2) is 6.56. The summed E-state index contributed by atoms with van der Waals surface area (Å²) in [5.74, 6) is -1.01. The quantitative estimate of drug-likeness (QED) is 0.892. The molecule has 0 aromatic heterocycles. The lowest BCUT2D eigenvalue weighted by Crippen LogP contribution is -2.44. The second-order valence-electron chi connectivity index (χ2n) is 4.32. The molecule has 2 amide bonds. The monoisotopic (exact) mass is 328 g/mol. The van der Waals surface area contributed by atoms with E-state index in [-0.39, 0.29) is 0 Å². The van der Waals surface area contributed by atoms with E-state index in [2.05, 4.69) is 21.2 Å². The number of aryl methyl sites for hydroxylation is 1. The molecule has 0 heterocycles. The molecule has 2 N–H and O–H groups in total. The highest BCUT2D eigenvalue weighted by Crippen LogP contribution is 2.19. The second-order valence-corrected chi connectivity index (χ2v) is 5.24. The van der Waals surface area contributed by atoms with Crippen LogP contribution in [0.3, 0.4) is 0 Å². The summed E-state index contributed by atoms with van der Waals surface area (Å²) in [6.07, 6.45) is 0.358. The van der Waals surface area contributed by atoms with Crippen LogP contribution in [0.25, 0.3) is 0 Å². The molecule has 1 aromatic carbocycles. The van der Waals surface area contributed by atoms with Crippen molar-refractivity contribution in [2.24, 2.45) is 0 Å². The van der Waals surface area contributed by atoms with E-state index in [1.807, 2.05) is 19.1 Å². The number of amides is 2. The molecule has 0 aliphatic heterocycles. The Morgan fingerprint density at radius 2 is 2.05 bits per heavy atom. The van der Waals surface area contributed by atoms with Gasteiger partial charge < -0.3 is 15.3 Å². The van der Waals surface area contributed by atoms with Gasteiger partial charge in [0.05, 0.1) is 0 Å². The zero-order chi connectivity index (χ0) is 14.6. The van der Waals surface area contributed by atoms with Gasteiger partial charge in [-0.3, -0.25) is 0 Å². The van der Waals surface area contributed by atoms with Crippen LogP contribution in [0.4, 0.5) is 10.5 Å². The van der Waals surface area contributed by atoms with Crippen LogP contribution in [0.1, 0.15) is 18.9 Å². The van der Waals surface area contributed by atoms with E-state index >= 15 is 0 Å². The standard InChI is InChI=1S/C13H17BrN2O3/c1-4-11(12(17)18)16(3)13(19)15-10-6-8(2)5-9(14)7-10/h5-7,11H,4H2,1-3H3,(H,15,19)(H,17,18). The average Bonchev–Trinajstić information content (AvgIpc) is 2.27. The van der Waals surface area contributed by atoms with E-state index in [4.69, 9.17) is 5.11 Å². The number of aliphatic carboxylic acids is 1. The minimum atomic E-state index is -1.01. The molecule has 1 atom stereocenters. The van der Waals surface area contributed by atoms with E-state index < -0.39 is 18.0 Å². The zero-order valence-corrected chi connectivity index (χ0v) is 12.7. The molecule has 0 radical (unpaired) electrons. The molecule has 0 spiro atoms. The molecule has 1 aromatic rings. The maximum Gasteiger partial charge on any atom is 0.326 e. The molecule has 0 aliphatic carbocycles. The van der Waals surface area contributed by atoms with Crippen LogP contribution in [0.15, 0.2) is 22.7 Å². The van der Waals surface area contributed by atoms with E-state index in [0.717, 1.165) is 10.0 Å². The van der Waals surface area contributed by atoms with Crippen molar-refractivity contribution >= 4 is 33.6 Å². The highest BCUT2D eigenvalue weighted by Gasteiger charge is 2.24. The van der Waals surface area contributed by atoms with E-state index in [0.29, 0.717) is 12.1 Å². The lowest BCUT2D eigenvalue weighted by Gasteiger charge is -2.24. The number of halogens is 1. The van der Waals surface area contributed by atoms with Gasteiger partial charge in [0.1, 0.15) is 6.04 Å². The van der Waals surface area contributed by atoms with Crippen LogP contribution in [-0.4, -0.2) is 35.1 Å². The van der Waals surface area contributed by atoms with Gasteiger partial charge in [-0.1, -0.05) is 22.9 Å². The first-order valence-corrected chi connectivity index (χ1v) is 6.68. The molecule has 1 unspecified atom stereocenters. The van der Waals surface area contributed by atoms with Crippen LogP contribution in [0.5, 0.6) is 0 Å². The van der Waals surface area contributed by atoms with Crippen molar-refractivity contribution in [1.82, 2.24) is 4.90 Å². The first-order valence-electron chi connectivity index (χ1n) is 5.89. The predicted octanol–water partition coefficient (Wildman–Crippen LogP) is 3.08. The number of nitrogens with one attached hydrogen (secondary N) is 1. The number of hydrogen-bond donors (Lipinski definition) is 2. The topological polar surface area (TPSA) is 69.6 Å². The highest BCUT2D eigenvalue weighted by molar-refractivity contribution is 9.10. The van der Waals surface area contributed by atoms with Crippen molar-refractivity contribution in [3.8, 4) is 0 Å². The average molecular weight is 329 g/mol. The van der Waals surface area contributed by atoms with E-state index in [1.165, 1.54) is 11.9 Å². The Balaban J connectivity index is 2.81. The number of benzene rings is 1. The fraction of sp³-hybridized carbons (Fsp3) is 0.385. The summed E-state index contributed by atoms with van der Waals surface area (Å²) in [7, 11) is 1.47. The number of carboxylic acid groups (broad SMARTS) is 1. The number of rotatable bonds is 4. The van der Waals surface area contributed by atoms with Crippen molar-refractivity contribution in [3.63, 3.8) is 0 Å². The molecule has 0 bridgehead atoms. The number of carboxylic acids is 1. The third kappa shape index (κ3) is 4.24. The van der Waals surface area contributed by atoms with Gasteiger partial charge in [-0.25, -0.2) is 9.59 Å². The number of urea groups is 1. The van der Waals surface area contributed by atoms with Gasteiger partial charge in [-0.2, -0.15) is 0 Å². The first-order chi connectivity index (χ1) is 8.85. The molecule has 1 rings (SSSR count). The highest BCUT2D eigenvalue weighted by atomic mass is 79.9. The number of nitrogens with zero attached hydrogens (tertiary/aromatic N) is 1. The third-order valence-electron chi connectivity index (χ3n) is 2.75. The van der Waals surface area contributed by atoms with Gasteiger partial charge in [-0.05, 0) is 37.1 Å². The maximum atomic E-state index is 12.0. The fourth-order valence-corrected chi connectivity index (χ4v) is 2.38. The van der Waals surface area contributed by atoms with Crippen LogP contribution < -0.4 is 5.32 Å². The largest absolute Gasteiger partial charge is 0.480 e. The van der Waals surface area contributed by atoms with Gasteiger partial charge >= 0.3 is 12.0 Å². The Hall–Kier alpha value is -1.56. The van der Waals surface area contributed by atoms with Gasteiger partial charge in [0.25, 0.3) is 0 Å². The van der Waals surface area contributed by atoms with Gasteiger partial charge in [0.2, 0.25) is 0 Å². The minimum absolute atomic E-state index is 0.358. The molecule has 0 saturated heterocycles. The molecule has 0 aliphatic rings. The summed E-state index contributed by atoms with van der Waals surface area (Å²) in [6.45, 7) is 3.64. The minimum Gasteiger partial charge on any atom is -0.480 e. The molecular formula is C13H17BrN2O3. The summed E-state index contributed by atoms with van der Waals surface area (Å²) in [5.41, 5.74) is 1.63. The number of carbonyl (C=O) groups excluding carboxylic acids is 1. The molecule has 104 valence electrons. The molecule has 0 fully saturated rings. The molecule has 6 heteroatoms. The molecule has 19 heavy (non-hydrogen) atoms. The van der Waals surface area contributed by atoms with E-state index in [9.17, 15) is 9.59 Å². The normalized spacial score (nSPS) is 11.8. The zero-order valence-electron chi connectivity index (χ0n) is 11.1. The fourth-order valence-electron chi connectivity index (χ4n) is 1.78. The molecule has 5 nitrogen and oxygen atoms in total. The van der Waals surface area contributed by atoms with Crippen LogP contribution in [0, 0.1) is 6.92 Å². The smallest absolute Gasteiger partial charge is 0.326 e. The Kier molecular flexibility index (Phi) is 5.35. The van der Waals surface area contributed by atoms with Crippen molar-refractivity contribution in [2.75, 3.05) is 12.4 Å². The van der Waals surface area contributed by atoms with Crippen LogP contribution in [0.2, 0.25) is 0 Å². The molecule has 0 saturated carbocycles. The Bertz CT molecular complexity index is 471. The van der Waals surface area contributed by atoms with Crippen LogP contribution >= 0.6 is 15.9 Å². The predicted molar refractivity (Wildman–Crippen MR) is 77.4 cm³/mol. The summed E-state index contributed by atoms with van der Waals surface area (Å²) in [4.78, 5) is 24.2. The van der Waals surface area contributed by atoms with Crippen molar-refractivity contribution in [1.29, 1.82) is 0 Å². The molecular weight excluding hydrogens is 312 g/mol. The first kappa shape index (κ1) is 15.5. The SMILES string of the molecule is CCC(C(=O)O)N(C)C(=O)Nc1cc(C)cc(Br)c1. The van der Waals surface area contributed by atoms with Crippen molar-refractivity contribution in [3.05, 3.63) is 28.2 Å². The Morgan fingerprint density at radius 3 is 2.53 bits per heavy atom. The lowest BCUT2D eigenvalue weighted by molar-refractivity contribution is -0.141. The number of anilines is 1. The summed E-state index contributed by atoms with van der Waals surface area (Å²) < 4.78 is 0.857. The number of likely N-dealkylation sites (N-methyl/N-ethyl adjacent to an activating group) is 1. The summed E-state index contributed by atoms with van der Waals surface area (Å²) in [6, 6.07) is 4.24. The Labute approximate surface area is 120 Å². The lowest BCUT2D eigenvalue weighted by atomic mass is 10.2. The number of carbonyl (C=O) groups is 2.